The average Bonchev–Trinajstić information content (AvgIpc) is 2.89. The number of hydrogen-bond acceptors (Lipinski definition) is 3. The van der Waals surface area contributed by atoms with Crippen LogP contribution in [0.3, 0.4) is 0 Å². The molecule has 1 atom stereocenters. The lowest BCUT2D eigenvalue weighted by Crippen LogP contribution is -2.40. The number of rotatable bonds is 2. The minimum Gasteiger partial charge on any atom is -0.338 e. The lowest BCUT2D eigenvalue weighted by molar-refractivity contribution is 0.0702. The van der Waals surface area contributed by atoms with Crippen molar-refractivity contribution in [3.05, 3.63) is 47.0 Å². The molecule has 4 rings (SSSR count). The van der Waals surface area contributed by atoms with Gasteiger partial charge in [-0.1, -0.05) is 6.42 Å². The molecule has 0 aliphatic carbocycles. The number of carbonyl (C=O) groups excluding carboxylic acids is 1. The van der Waals surface area contributed by atoms with Crippen molar-refractivity contribution in [3.8, 4) is 0 Å². The third-order valence-electron chi connectivity index (χ3n) is 5.32. The first-order chi connectivity index (χ1) is 12.6. The Labute approximate surface area is 151 Å². The van der Waals surface area contributed by atoms with Crippen LogP contribution < -0.4 is 0 Å². The molecule has 26 heavy (non-hydrogen) atoms. The molecule has 2 aliphatic rings. The highest BCUT2D eigenvalue weighted by atomic mass is 19.1. The van der Waals surface area contributed by atoms with E-state index in [0.717, 1.165) is 68.5 Å². The third kappa shape index (κ3) is 3.34. The van der Waals surface area contributed by atoms with Crippen LogP contribution in [0.25, 0.3) is 0 Å². The molecule has 138 valence electrons. The summed E-state index contributed by atoms with van der Waals surface area (Å²) in [6, 6.07) is 2.97. The van der Waals surface area contributed by atoms with E-state index in [0.29, 0.717) is 13.1 Å². The summed E-state index contributed by atoms with van der Waals surface area (Å²) in [4.78, 5) is 14.4. The van der Waals surface area contributed by atoms with E-state index in [2.05, 4.69) is 14.8 Å². The van der Waals surface area contributed by atoms with Gasteiger partial charge in [-0.05, 0) is 37.8 Å². The third-order valence-corrected chi connectivity index (χ3v) is 5.32. The van der Waals surface area contributed by atoms with E-state index in [-0.39, 0.29) is 17.4 Å². The van der Waals surface area contributed by atoms with Gasteiger partial charge in [0.2, 0.25) is 0 Å². The second kappa shape index (κ2) is 7.13. The van der Waals surface area contributed by atoms with Crippen molar-refractivity contribution in [2.45, 2.75) is 51.0 Å². The number of hydrogen-bond donors (Lipinski definition) is 0. The predicted molar refractivity (Wildman–Crippen MR) is 91.8 cm³/mol. The molecule has 1 saturated heterocycles. The van der Waals surface area contributed by atoms with Gasteiger partial charge in [0.1, 0.15) is 23.3 Å². The fourth-order valence-corrected chi connectivity index (χ4v) is 4.04. The number of amides is 1. The van der Waals surface area contributed by atoms with Crippen LogP contribution in [-0.4, -0.2) is 38.7 Å². The number of fused-ring (bicyclic) bond motifs is 1. The smallest absolute Gasteiger partial charge is 0.254 e. The fraction of sp³-hybridized carbons (Fsp3) is 0.526. The van der Waals surface area contributed by atoms with Gasteiger partial charge in [-0.15, -0.1) is 10.2 Å². The van der Waals surface area contributed by atoms with Gasteiger partial charge in [0.15, 0.2) is 0 Å². The minimum atomic E-state index is -0.732. The number of nitrogens with zero attached hydrogens (tertiary/aromatic N) is 4. The zero-order chi connectivity index (χ0) is 18.1. The summed E-state index contributed by atoms with van der Waals surface area (Å²) in [5.41, 5.74) is 0.0585. The molecule has 7 heteroatoms. The van der Waals surface area contributed by atoms with Crippen LogP contribution >= 0.6 is 0 Å². The second-order valence-corrected chi connectivity index (χ2v) is 7.19. The zero-order valence-corrected chi connectivity index (χ0v) is 14.6. The van der Waals surface area contributed by atoms with E-state index in [1.807, 2.05) is 0 Å². The van der Waals surface area contributed by atoms with Crippen LogP contribution in [0.1, 0.15) is 60.0 Å². The van der Waals surface area contributed by atoms with Gasteiger partial charge in [0, 0.05) is 43.6 Å². The molecule has 1 amide bonds. The molecule has 1 unspecified atom stereocenters. The van der Waals surface area contributed by atoms with Gasteiger partial charge in [-0.25, -0.2) is 8.78 Å². The fourth-order valence-electron chi connectivity index (χ4n) is 4.04. The van der Waals surface area contributed by atoms with E-state index >= 15 is 0 Å². The van der Waals surface area contributed by atoms with Crippen molar-refractivity contribution < 1.29 is 13.6 Å². The zero-order valence-electron chi connectivity index (χ0n) is 14.6. The Morgan fingerprint density at radius 1 is 1.00 bits per heavy atom. The topological polar surface area (TPSA) is 51.0 Å². The summed E-state index contributed by atoms with van der Waals surface area (Å²) in [5.74, 6) is 0.307. The van der Waals surface area contributed by atoms with Gasteiger partial charge in [0.25, 0.3) is 5.91 Å². The molecule has 0 N–H and O–H groups in total. The van der Waals surface area contributed by atoms with Crippen molar-refractivity contribution in [3.63, 3.8) is 0 Å². The summed E-state index contributed by atoms with van der Waals surface area (Å²) in [5, 5.41) is 8.77. The van der Waals surface area contributed by atoms with Crippen LogP contribution in [0.2, 0.25) is 0 Å². The Kier molecular flexibility index (Phi) is 4.70. The van der Waals surface area contributed by atoms with Crippen molar-refractivity contribution in [2.24, 2.45) is 0 Å². The molecular weight excluding hydrogens is 338 g/mol. The van der Waals surface area contributed by atoms with Gasteiger partial charge < -0.3 is 9.47 Å². The lowest BCUT2D eigenvalue weighted by atomic mass is 9.96. The lowest BCUT2D eigenvalue weighted by Gasteiger charge is -2.32. The molecule has 5 nitrogen and oxygen atoms in total. The quantitative estimate of drug-likeness (QED) is 0.826. The molecule has 2 aliphatic heterocycles. The van der Waals surface area contributed by atoms with Crippen LogP contribution in [0.4, 0.5) is 8.78 Å². The van der Waals surface area contributed by atoms with Gasteiger partial charge >= 0.3 is 0 Å². The van der Waals surface area contributed by atoms with E-state index in [1.165, 1.54) is 6.42 Å². The van der Waals surface area contributed by atoms with Crippen LogP contribution in [-0.2, 0) is 13.0 Å². The van der Waals surface area contributed by atoms with E-state index in [9.17, 15) is 13.6 Å². The Morgan fingerprint density at radius 2 is 1.81 bits per heavy atom. The number of benzene rings is 1. The first-order valence-electron chi connectivity index (χ1n) is 9.29. The number of aryl methyl sites for hydroxylation is 1. The summed E-state index contributed by atoms with van der Waals surface area (Å²) in [7, 11) is 0. The Morgan fingerprint density at radius 3 is 2.62 bits per heavy atom. The molecule has 0 bridgehead atoms. The van der Waals surface area contributed by atoms with Crippen LogP contribution in [0, 0.1) is 11.6 Å². The van der Waals surface area contributed by atoms with Crippen molar-refractivity contribution in [1.29, 1.82) is 0 Å². The number of likely N-dealkylation sites (tertiary alicyclic amines) is 1. The van der Waals surface area contributed by atoms with Crippen molar-refractivity contribution in [2.75, 3.05) is 13.1 Å². The molecule has 0 spiro atoms. The van der Waals surface area contributed by atoms with Gasteiger partial charge in [-0.3, -0.25) is 4.79 Å². The highest BCUT2D eigenvalue weighted by Crippen LogP contribution is 2.29. The van der Waals surface area contributed by atoms with E-state index in [1.54, 1.807) is 4.90 Å². The number of halogens is 2. The number of aromatic nitrogens is 3. The molecular formula is C19H22F2N4O. The first-order valence-corrected chi connectivity index (χ1v) is 9.29. The SMILES string of the molecule is O=C(c1cc(F)cc(F)c1)N1CCCC(c2nnc3n2CCCCC3)C1. The minimum absolute atomic E-state index is 0.0585. The second-order valence-electron chi connectivity index (χ2n) is 7.19. The van der Waals surface area contributed by atoms with Crippen LogP contribution in [0.15, 0.2) is 18.2 Å². The van der Waals surface area contributed by atoms with E-state index < -0.39 is 11.6 Å². The maximum atomic E-state index is 13.5. The van der Waals surface area contributed by atoms with Crippen LogP contribution in [0.5, 0.6) is 0 Å². The summed E-state index contributed by atoms with van der Waals surface area (Å²) in [6.45, 7) is 2.03. The maximum Gasteiger partial charge on any atom is 0.254 e. The predicted octanol–water partition coefficient (Wildman–Crippen LogP) is 3.30. The van der Waals surface area contributed by atoms with Crippen molar-refractivity contribution in [1.82, 2.24) is 19.7 Å². The summed E-state index contributed by atoms with van der Waals surface area (Å²) < 4.78 is 29.1. The molecule has 0 radical (unpaired) electrons. The van der Waals surface area contributed by atoms with Gasteiger partial charge in [-0.2, -0.15) is 0 Å². The van der Waals surface area contributed by atoms with Crippen molar-refractivity contribution >= 4 is 5.91 Å². The van der Waals surface area contributed by atoms with Gasteiger partial charge in [0.05, 0.1) is 0 Å². The standard InChI is InChI=1S/C19H22F2N4O/c20-15-9-14(10-16(21)11-15)19(26)24-7-4-5-13(12-24)18-23-22-17-6-2-1-3-8-25(17)18/h9-11,13H,1-8,12H2. The highest BCUT2D eigenvalue weighted by Gasteiger charge is 2.30. The first kappa shape index (κ1) is 17.1. The monoisotopic (exact) mass is 360 g/mol. The normalized spacial score (nSPS) is 20.5. The average molecular weight is 360 g/mol. The molecule has 2 aromatic rings. The largest absolute Gasteiger partial charge is 0.338 e. The molecule has 1 fully saturated rings. The Hall–Kier alpha value is -2.31. The number of carbonyl (C=O) groups is 1. The summed E-state index contributed by atoms with van der Waals surface area (Å²) >= 11 is 0. The highest BCUT2D eigenvalue weighted by molar-refractivity contribution is 5.94. The number of piperidine rings is 1. The molecule has 1 aromatic carbocycles. The Balaban J connectivity index is 1.54. The molecule has 3 heterocycles. The molecule has 1 aromatic heterocycles. The summed E-state index contributed by atoms with van der Waals surface area (Å²) in [6.07, 6.45) is 6.19. The maximum absolute atomic E-state index is 13.5. The van der Waals surface area contributed by atoms with E-state index in [4.69, 9.17) is 0 Å². The molecule has 0 saturated carbocycles. The Bertz CT molecular complexity index is 800.